The smallest absolute Gasteiger partial charge is 0.0344 e. The van der Waals surface area contributed by atoms with Gasteiger partial charge in [-0.05, 0) is 26.9 Å². The van der Waals surface area contributed by atoms with Gasteiger partial charge < -0.3 is 4.90 Å². The van der Waals surface area contributed by atoms with Gasteiger partial charge in [0.1, 0.15) is 0 Å². The van der Waals surface area contributed by atoms with Gasteiger partial charge >= 0.3 is 0 Å². The van der Waals surface area contributed by atoms with Crippen LogP contribution in [0.5, 0.6) is 0 Å². The molecule has 0 spiro atoms. The van der Waals surface area contributed by atoms with Crippen molar-refractivity contribution in [3.05, 3.63) is 0 Å². The Balaban J connectivity index is 2.21. The molecular formula is C20H42N2. The molecule has 0 aromatic heterocycles. The summed E-state index contributed by atoms with van der Waals surface area (Å²) < 4.78 is 0. The molecule has 0 saturated carbocycles. The summed E-state index contributed by atoms with van der Waals surface area (Å²) in [7, 11) is 4.46. The number of likely N-dealkylation sites (tertiary alicyclic amines) is 1. The lowest BCUT2D eigenvalue weighted by Gasteiger charge is -2.47. The van der Waals surface area contributed by atoms with Gasteiger partial charge in [0.25, 0.3) is 0 Å². The van der Waals surface area contributed by atoms with Crippen LogP contribution in [0, 0.1) is 0 Å². The van der Waals surface area contributed by atoms with Gasteiger partial charge in [0.2, 0.25) is 0 Å². The molecule has 2 nitrogen and oxygen atoms in total. The SMILES string of the molecule is CCCCCCCC(CCCCCCC)N1CC(N(C)C)C1. The average molecular weight is 311 g/mol. The second-order valence-electron chi connectivity index (χ2n) is 7.63. The molecule has 2 heteroatoms. The number of rotatable bonds is 14. The predicted octanol–water partition coefficient (Wildman–Crippen LogP) is 5.32. The number of hydrogen-bond donors (Lipinski definition) is 0. The van der Waals surface area contributed by atoms with Crippen LogP contribution in [0.3, 0.4) is 0 Å². The first-order valence-corrected chi connectivity index (χ1v) is 10.1. The molecule has 0 N–H and O–H groups in total. The molecule has 0 bridgehead atoms. The van der Waals surface area contributed by atoms with E-state index in [1.807, 2.05) is 0 Å². The summed E-state index contributed by atoms with van der Waals surface area (Å²) in [5.41, 5.74) is 0. The maximum atomic E-state index is 2.77. The maximum Gasteiger partial charge on any atom is 0.0344 e. The zero-order chi connectivity index (χ0) is 16.2. The Morgan fingerprint density at radius 2 is 1.23 bits per heavy atom. The van der Waals surface area contributed by atoms with E-state index in [9.17, 15) is 0 Å². The molecule has 1 saturated heterocycles. The summed E-state index contributed by atoms with van der Waals surface area (Å²) in [5.74, 6) is 0. The van der Waals surface area contributed by atoms with E-state index in [1.54, 1.807) is 0 Å². The number of hydrogen-bond acceptors (Lipinski definition) is 2. The standard InChI is InChI=1S/C20H42N2/c1-5-7-9-11-13-15-19(16-14-12-10-8-6-2)22-17-20(18-22)21(3)4/h19-20H,5-18H2,1-4H3. The highest BCUT2D eigenvalue weighted by Gasteiger charge is 2.32. The summed E-state index contributed by atoms with van der Waals surface area (Å²) in [6.45, 7) is 7.23. The number of likely N-dealkylation sites (N-methyl/N-ethyl adjacent to an activating group) is 1. The van der Waals surface area contributed by atoms with Gasteiger partial charge in [-0.2, -0.15) is 0 Å². The third-order valence-electron chi connectivity index (χ3n) is 5.42. The van der Waals surface area contributed by atoms with Crippen molar-refractivity contribution in [1.29, 1.82) is 0 Å². The molecule has 0 aromatic rings. The summed E-state index contributed by atoms with van der Waals surface area (Å²) >= 11 is 0. The first kappa shape index (κ1) is 20.0. The monoisotopic (exact) mass is 310 g/mol. The van der Waals surface area contributed by atoms with Crippen molar-refractivity contribution in [2.24, 2.45) is 0 Å². The van der Waals surface area contributed by atoms with Crippen molar-refractivity contribution in [1.82, 2.24) is 9.80 Å². The normalized spacial score (nSPS) is 16.6. The second-order valence-corrected chi connectivity index (χ2v) is 7.63. The molecule has 22 heavy (non-hydrogen) atoms. The quantitative estimate of drug-likeness (QED) is 0.401. The van der Waals surface area contributed by atoms with Crippen molar-refractivity contribution >= 4 is 0 Å². The fraction of sp³-hybridized carbons (Fsp3) is 1.00. The minimum absolute atomic E-state index is 0.808. The Morgan fingerprint density at radius 1 is 0.773 bits per heavy atom. The third kappa shape index (κ3) is 7.97. The Kier molecular flexibility index (Phi) is 11.2. The topological polar surface area (TPSA) is 6.48 Å². The molecule has 0 atom stereocenters. The van der Waals surface area contributed by atoms with Gasteiger partial charge in [-0.1, -0.05) is 78.1 Å². The van der Waals surface area contributed by atoms with Crippen LogP contribution < -0.4 is 0 Å². The molecule has 0 radical (unpaired) electrons. The molecule has 0 unspecified atom stereocenters. The van der Waals surface area contributed by atoms with Crippen LogP contribution in [0.2, 0.25) is 0 Å². The Hall–Kier alpha value is -0.0800. The minimum atomic E-state index is 0.808. The van der Waals surface area contributed by atoms with Gasteiger partial charge in [0.05, 0.1) is 0 Å². The van der Waals surface area contributed by atoms with Crippen molar-refractivity contribution in [2.45, 2.75) is 103 Å². The summed E-state index contributed by atoms with van der Waals surface area (Å²) in [4.78, 5) is 5.17. The maximum absolute atomic E-state index is 2.77. The Bertz CT molecular complexity index is 232. The molecule has 1 heterocycles. The lowest BCUT2D eigenvalue weighted by molar-refractivity contribution is 0.0193. The molecule has 0 aromatic carbocycles. The third-order valence-corrected chi connectivity index (χ3v) is 5.42. The van der Waals surface area contributed by atoms with E-state index in [4.69, 9.17) is 0 Å². The Morgan fingerprint density at radius 3 is 1.64 bits per heavy atom. The van der Waals surface area contributed by atoms with Crippen LogP contribution >= 0.6 is 0 Å². The van der Waals surface area contributed by atoms with Crippen LogP contribution in [-0.4, -0.2) is 49.1 Å². The lowest BCUT2D eigenvalue weighted by atomic mass is 9.95. The van der Waals surface area contributed by atoms with Gasteiger partial charge in [-0.15, -0.1) is 0 Å². The first-order chi connectivity index (χ1) is 10.7. The molecule has 1 rings (SSSR count). The van der Waals surface area contributed by atoms with Crippen LogP contribution in [0.25, 0.3) is 0 Å². The van der Waals surface area contributed by atoms with E-state index in [-0.39, 0.29) is 0 Å². The van der Waals surface area contributed by atoms with Gasteiger partial charge in [0.15, 0.2) is 0 Å². The van der Waals surface area contributed by atoms with Crippen LogP contribution in [0.1, 0.15) is 90.9 Å². The number of unbranched alkanes of at least 4 members (excludes halogenated alkanes) is 8. The predicted molar refractivity (Wildman–Crippen MR) is 99.6 cm³/mol. The lowest BCUT2D eigenvalue weighted by Crippen LogP contribution is -2.60. The van der Waals surface area contributed by atoms with Crippen molar-refractivity contribution < 1.29 is 0 Å². The second kappa shape index (κ2) is 12.4. The molecular weight excluding hydrogens is 268 g/mol. The first-order valence-electron chi connectivity index (χ1n) is 10.1. The van der Waals surface area contributed by atoms with Crippen molar-refractivity contribution in [2.75, 3.05) is 27.2 Å². The van der Waals surface area contributed by atoms with Crippen molar-refractivity contribution in [3.8, 4) is 0 Å². The van der Waals surface area contributed by atoms with Crippen LogP contribution in [0.15, 0.2) is 0 Å². The van der Waals surface area contributed by atoms with Crippen LogP contribution in [-0.2, 0) is 0 Å². The van der Waals surface area contributed by atoms with Crippen LogP contribution in [0.4, 0.5) is 0 Å². The summed E-state index contributed by atoms with van der Waals surface area (Å²) in [6.07, 6.45) is 17.1. The Labute approximate surface area is 140 Å². The van der Waals surface area contributed by atoms with E-state index in [1.165, 1.54) is 90.1 Å². The highest BCUT2D eigenvalue weighted by molar-refractivity contribution is 4.90. The van der Waals surface area contributed by atoms with Gasteiger partial charge in [0, 0.05) is 25.2 Å². The number of nitrogens with zero attached hydrogens (tertiary/aromatic N) is 2. The fourth-order valence-electron chi connectivity index (χ4n) is 3.59. The summed E-state index contributed by atoms with van der Waals surface area (Å²) in [5, 5.41) is 0. The molecule has 132 valence electrons. The fourth-order valence-corrected chi connectivity index (χ4v) is 3.59. The van der Waals surface area contributed by atoms with E-state index >= 15 is 0 Å². The molecule has 0 amide bonds. The van der Waals surface area contributed by atoms with E-state index < -0.39 is 0 Å². The van der Waals surface area contributed by atoms with E-state index in [0.29, 0.717) is 0 Å². The minimum Gasteiger partial charge on any atom is -0.304 e. The van der Waals surface area contributed by atoms with Gasteiger partial charge in [-0.3, -0.25) is 4.90 Å². The van der Waals surface area contributed by atoms with E-state index in [2.05, 4.69) is 37.7 Å². The summed E-state index contributed by atoms with van der Waals surface area (Å²) in [6, 6.07) is 1.68. The van der Waals surface area contributed by atoms with Gasteiger partial charge in [-0.25, -0.2) is 0 Å². The van der Waals surface area contributed by atoms with Crippen molar-refractivity contribution in [3.63, 3.8) is 0 Å². The average Bonchev–Trinajstić information content (AvgIpc) is 2.44. The molecule has 0 aliphatic carbocycles. The molecule has 1 aliphatic rings. The van der Waals surface area contributed by atoms with E-state index in [0.717, 1.165) is 12.1 Å². The zero-order valence-corrected chi connectivity index (χ0v) is 15.9. The molecule has 1 fully saturated rings. The molecule has 1 aliphatic heterocycles. The largest absolute Gasteiger partial charge is 0.304 e. The highest BCUT2D eigenvalue weighted by atomic mass is 15.3. The highest BCUT2D eigenvalue weighted by Crippen LogP contribution is 2.24. The zero-order valence-electron chi connectivity index (χ0n) is 15.9.